The molecule has 110 valence electrons. The fraction of sp³-hybridized carbons (Fsp3) is 0.667. The van der Waals surface area contributed by atoms with Gasteiger partial charge in [0.2, 0.25) is 0 Å². The number of pyridine rings is 1. The smallest absolute Gasteiger partial charge is 0.129 e. The SMILES string of the molecule is CC1CN(C)CCN1c1cc(CNC2CC2)c(Cl)cn1. The van der Waals surface area contributed by atoms with Crippen LogP contribution < -0.4 is 10.2 Å². The van der Waals surface area contributed by atoms with E-state index in [0.29, 0.717) is 12.1 Å². The first kappa shape index (κ1) is 14.1. The summed E-state index contributed by atoms with van der Waals surface area (Å²) in [5.41, 5.74) is 1.16. The lowest BCUT2D eigenvalue weighted by atomic mass is 10.1. The molecule has 3 rings (SSSR count). The molecule has 1 N–H and O–H groups in total. The number of hydrogen-bond acceptors (Lipinski definition) is 4. The monoisotopic (exact) mass is 294 g/mol. The zero-order valence-electron chi connectivity index (χ0n) is 12.3. The summed E-state index contributed by atoms with van der Waals surface area (Å²) < 4.78 is 0. The predicted octanol–water partition coefficient (Wildman–Crippen LogP) is 2.13. The van der Waals surface area contributed by atoms with Gasteiger partial charge in [0.05, 0.1) is 5.02 Å². The van der Waals surface area contributed by atoms with Crippen molar-refractivity contribution in [2.45, 2.75) is 38.4 Å². The molecule has 5 heteroatoms. The summed E-state index contributed by atoms with van der Waals surface area (Å²) in [5, 5.41) is 4.29. The number of anilines is 1. The highest BCUT2D eigenvalue weighted by Gasteiger charge is 2.24. The Morgan fingerprint density at radius 2 is 2.20 bits per heavy atom. The topological polar surface area (TPSA) is 31.4 Å². The average molecular weight is 295 g/mol. The first-order valence-electron chi connectivity index (χ1n) is 7.46. The van der Waals surface area contributed by atoms with Gasteiger partial charge >= 0.3 is 0 Å². The third kappa shape index (κ3) is 3.25. The Bertz CT molecular complexity index is 475. The summed E-state index contributed by atoms with van der Waals surface area (Å²) >= 11 is 6.27. The lowest BCUT2D eigenvalue weighted by molar-refractivity contribution is 0.274. The zero-order valence-corrected chi connectivity index (χ0v) is 13.0. The number of hydrogen-bond donors (Lipinski definition) is 1. The van der Waals surface area contributed by atoms with Gasteiger partial charge in [-0.05, 0) is 38.4 Å². The highest BCUT2D eigenvalue weighted by atomic mass is 35.5. The van der Waals surface area contributed by atoms with Crippen molar-refractivity contribution in [3.05, 3.63) is 22.8 Å². The lowest BCUT2D eigenvalue weighted by Gasteiger charge is -2.39. The normalized spacial score (nSPS) is 24.1. The molecule has 0 amide bonds. The number of aromatic nitrogens is 1. The van der Waals surface area contributed by atoms with Crippen molar-refractivity contribution in [2.24, 2.45) is 0 Å². The third-order valence-corrected chi connectivity index (χ3v) is 4.54. The first-order chi connectivity index (χ1) is 9.63. The Balaban J connectivity index is 1.73. The Morgan fingerprint density at radius 3 is 2.90 bits per heavy atom. The van der Waals surface area contributed by atoms with Crippen molar-refractivity contribution < 1.29 is 0 Å². The molecule has 2 aliphatic rings. The van der Waals surface area contributed by atoms with Crippen LogP contribution in [0.5, 0.6) is 0 Å². The minimum absolute atomic E-state index is 0.492. The maximum atomic E-state index is 6.27. The van der Waals surface area contributed by atoms with Gasteiger partial charge in [0.25, 0.3) is 0 Å². The molecule has 1 saturated carbocycles. The maximum Gasteiger partial charge on any atom is 0.129 e. The lowest BCUT2D eigenvalue weighted by Crippen LogP contribution is -2.50. The molecule has 1 aliphatic carbocycles. The van der Waals surface area contributed by atoms with Crippen LogP contribution in [0.4, 0.5) is 5.82 Å². The Labute approximate surface area is 126 Å². The molecule has 0 bridgehead atoms. The van der Waals surface area contributed by atoms with E-state index in [2.05, 4.69) is 40.1 Å². The molecule has 1 saturated heterocycles. The molecular formula is C15H23ClN4. The van der Waals surface area contributed by atoms with E-state index in [1.54, 1.807) is 6.20 Å². The predicted molar refractivity (Wildman–Crippen MR) is 83.4 cm³/mol. The Hall–Kier alpha value is -0.840. The number of likely N-dealkylation sites (N-methyl/N-ethyl adjacent to an activating group) is 1. The standard InChI is InChI=1S/C15H23ClN4/c1-11-10-19(2)5-6-20(11)15-7-12(14(16)9-18-15)8-17-13-3-4-13/h7,9,11,13,17H,3-6,8,10H2,1-2H3. The highest BCUT2D eigenvalue weighted by molar-refractivity contribution is 6.31. The number of rotatable bonds is 4. The fourth-order valence-corrected chi connectivity index (χ4v) is 2.95. The van der Waals surface area contributed by atoms with Crippen molar-refractivity contribution in [3.8, 4) is 0 Å². The highest BCUT2D eigenvalue weighted by Crippen LogP contribution is 2.25. The molecule has 1 aromatic heterocycles. The maximum absolute atomic E-state index is 6.27. The molecular weight excluding hydrogens is 272 g/mol. The molecule has 1 aliphatic heterocycles. The Kier molecular flexibility index (Phi) is 4.15. The van der Waals surface area contributed by atoms with Crippen molar-refractivity contribution in [1.82, 2.24) is 15.2 Å². The molecule has 1 aromatic rings. The van der Waals surface area contributed by atoms with Gasteiger partial charge in [-0.15, -0.1) is 0 Å². The molecule has 0 radical (unpaired) electrons. The van der Waals surface area contributed by atoms with Gasteiger partial charge in [-0.1, -0.05) is 11.6 Å². The summed E-state index contributed by atoms with van der Waals surface area (Å²) in [4.78, 5) is 9.28. The minimum atomic E-state index is 0.492. The molecule has 0 aromatic carbocycles. The van der Waals surface area contributed by atoms with Crippen LogP contribution in [0, 0.1) is 0 Å². The largest absolute Gasteiger partial charge is 0.351 e. The number of piperazine rings is 1. The van der Waals surface area contributed by atoms with Crippen molar-refractivity contribution in [2.75, 3.05) is 31.6 Å². The van der Waals surface area contributed by atoms with Gasteiger partial charge in [0.15, 0.2) is 0 Å². The summed E-state index contributed by atoms with van der Waals surface area (Å²) in [6, 6.07) is 3.34. The average Bonchev–Trinajstić information content (AvgIpc) is 3.22. The van der Waals surface area contributed by atoms with Crippen LogP contribution in [-0.2, 0) is 6.54 Å². The van der Waals surface area contributed by atoms with E-state index in [4.69, 9.17) is 11.6 Å². The summed E-state index contributed by atoms with van der Waals surface area (Å²) in [7, 11) is 2.17. The van der Waals surface area contributed by atoms with Crippen LogP contribution in [0.1, 0.15) is 25.3 Å². The van der Waals surface area contributed by atoms with Crippen LogP contribution in [0.3, 0.4) is 0 Å². The van der Waals surface area contributed by atoms with E-state index in [1.165, 1.54) is 12.8 Å². The van der Waals surface area contributed by atoms with Crippen LogP contribution in [-0.4, -0.2) is 48.6 Å². The molecule has 1 atom stereocenters. The van der Waals surface area contributed by atoms with Crippen molar-refractivity contribution >= 4 is 17.4 Å². The number of nitrogens with one attached hydrogen (secondary N) is 1. The summed E-state index contributed by atoms with van der Waals surface area (Å²) in [6.07, 6.45) is 4.39. The van der Waals surface area contributed by atoms with Gasteiger partial charge in [-0.2, -0.15) is 0 Å². The van der Waals surface area contributed by atoms with Crippen LogP contribution in [0.15, 0.2) is 12.3 Å². The van der Waals surface area contributed by atoms with E-state index >= 15 is 0 Å². The summed E-state index contributed by atoms with van der Waals surface area (Å²) in [6.45, 7) is 6.31. The molecule has 4 nitrogen and oxygen atoms in total. The van der Waals surface area contributed by atoms with Gasteiger partial charge in [0.1, 0.15) is 5.82 Å². The fourth-order valence-electron chi connectivity index (χ4n) is 2.78. The molecule has 1 unspecified atom stereocenters. The van der Waals surface area contributed by atoms with E-state index < -0.39 is 0 Å². The Morgan fingerprint density at radius 1 is 1.40 bits per heavy atom. The second-order valence-corrected chi connectivity index (χ2v) is 6.50. The second kappa shape index (κ2) is 5.88. The molecule has 2 fully saturated rings. The van der Waals surface area contributed by atoms with Gasteiger partial charge in [-0.3, -0.25) is 0 Å². The first-order valence-corrected chi connectivity index (χ1v) is 7.84. The van der Waals surface area contributed by atoms with E-state index in [9.17, 15) is 0 Å². The quantitative estimate of drug-likeness (QED) is 0.922. The van der Waals surface area contributed by atoms with Crippen molar-refractivity contribution in [1.29, 1.82) is 0 Å². The summed E-state index contributed by atoms with van der Waals surface area (Å²) in [5.74, 6) is 1.06. The van der Waals surface area contributed by atoms with Gasteiger partial charge < -0.3 is 15.1 Å². The van der Waals surface area contributed by atoms with Crippen LogP contribution >= 0.6 is 11.6 Å². The van der Waals surface area contributed by atoms with E-state index in [0.717, 1.165) is 42.6 Å². The van der Waals surface area contributed by atoms with Crippen molar-refractivity contribution in [3.63, 3.8) is 0 Å². The molecule has 0 spiro atoms. The van der Waals surface area contributed by atoms with Gasteiger partial charge in [-0.25, -0.2) is 4.98 Å². The van der Waals surface area contributed by atoms with E-state index in [-0.39, 0.29) is 0 Å². The van der Waals surface area contributed by atoms with E-state index in [1.807, 2.05) is 0 Å². The zero-order chi connectivity index (χ0) is 14.1. The number of nitrogens with zero attached hydrogens (tertiary/aromatic N) is 3. The third-order valence-electron chi connectivity index (χ3n) is 4.20. The molecule has 2 heterocycles. The number of halogens is 1. The second-order valence-electron chi connectivity index (χ2n) is 6.09. The molecule has 20 heavy (non-hydrogen) atoms. The van der Waals surface area contributed by atoms with Crippen LogP contribution in [0.25, 0.3) is 0 Å². The van der Waals surface area contributed by atoms with Gasteiger partial charge in [0, 0.05) is 44.5 Å². The minimum Gasteiger partial charge on any atom is -0.351 e. The van der Waals surface area contributed by atoms with Crippen LogP contribution in [0.2, 0.25) is 5.02 Å².